The molecule has 0 radical (unpaired) electrons. The highest BCUT2D eigenvalue weighted by Gasteiger charge is 2.30. The van der Waals surface area contributed by atoms with Crippen LogP contribution in [-0.4, -0.2) is 43.8 Å². The number of nitrogens with zero attached hydrogens (tertiary/aromatic N) is 4. The van der Waals surface area contributed by atoms with Gasteiger partial charge in [-0.25, -0.2) is 9.36 Å². The molecule has 4 heterocycles. The average Bonchev–Trinajstić information content (AvgIpc) is 3.22. The van der Waals surface area contributed by atoms with Crippen molar-refractivity contribution in [2.75, 3.05) is 13.1 Å². The Morgan fingerprint density at radius 2 is 1.73 bits per heavy atom. The van der Waals surface area contributed by atoms with Gasteiger partial charge in [-0.15, -0.1) is 0 Å². The summed E-state index contributed by atoms with van der Waals surface area (Å²) in [6, 6.07) is 10.1. The molecule has 0 saturated carbocycles. The first-order chi connectivity index (χ1) is 18.8. The molecule has 1 saturated heterocycles. The molecule has 0 amide bonds. The third kappa shape index (κ3) is 6.03. The first-order valence-corrected chi connectivity index (χ1v) is 14.8. The Hall–Kier alpha value is -2.97. The van der Waals surface area contributed by atoms with Crippen molar-refractivity contribution in [3.63, 3.8) is 0 Å². The maximum absolute atomic E-state index is 13.5. The van der Waals surface area contributed by atoms with E-state index in [0.29, 0.717) is 29.8 Å². The quantitative estimate of drug-likeness (QED) is 0.245. The maximum Gasteiger partial charge on any atom is 0.419 e. The van der Waals surface area contributed by atoms with Gasteiger partial charge in [-0.05, 0) is 97.7 Å². The predicted octanol–water partition coefficient (Wildman–Crippen LogP) is 7.20. The Labute approximate surface area is 244 Å². The molecule has 1 aliphatic rings. The Balaban J connectivity index is 1.48. The highest BCUT2D eigenvalue weighted by Crippen LogP contribution is 2.35. The van der Waals surface area contributed by atoms with E-state index >= 15 is 0 Å². The van der Waals surface area contributed by atoms with E-state index in [1.165, 1.54) is 0 Å². The van der Waals surface area contributed by atoms with Gasteiger partial charge in [-0.3, -0.25) is 14.7 Å². The lowest BCUT2D eigenvalue weighted by atomic mass is 9.75. The van der Waals surface area contributed by atoms with Gasteiger partial charge in [0, 0.05) is 46.1 Å². The van der Waals surface area contributed by atoms with Crippen molar-refractivity contribution in [1.29, 1.82) is 0 Å². The van der Waals surface area contributed by atoms with Crippen LogP contribution in [-0.2, 0) is 17.8 Å². The SMILES string of the molecule is CC(C)(C)OC(=O)n1c(CN2CCC(C(C)(C)C)CC2)cc2ccc(Cn3ccc4c(Br)cncc4c3=O)cc21. The summed E-state index contributed by atoms with van der Waals surface area (Å²) in [7, 11) is 0. The zero-order valence-corrected chi connectivity index (χ0v) is 25.9. The number of hydrogen-bond acceptors (Lipinski definition) is 5. The predicted molar refractivity (Wildman–Crippen MR) is 164 cm³/mol. The number of rotatable bonds is 4. The highest BCUT2D eigenvalue weighted by molar-refractivity contribution is 9.10. The van der Waals surface area contributed by atoms with Gasteiger partial charge in [-0.2, -0.15) is 0 Å². The van der Waals surface area contributed by atoms with Gasteiger partial charge in [0.05, 0.1) is 17.4 Å². The second kappa shape index (κ2) is 10.8. The zero-order chi connectivity index (χ0) is 28.8. The number of pyridine rings is 2. The van der Waals surface area contributed by atoms with Crippen LogP contribution in [0.1, 0.15) is 65.6 Å². The summed E-state index contributed by atoms with van der Waals surface area (Å²) in [5.74, 6) is 0.707. The van der Waals surface area contributed by atoms with Crippen LogP contribution in [0.2, 0.25) is 0 Å². The lowest BCUT2D eigenvalue weighted by Crippen LogP contribution is -2.38. The minimum atomic E-state index is -0.617. The van der Waals surface area contributed by atoms with Crippen molar-refractivity contribution in [1.82, 2.24) is 19.0 Å². The number of fused-ring (bicyclic) bond motifs is 2. The fraction of sp³-hybridized carbons (Fsp3) is 0.469. The van der Waals surface area contributed by atoms with E-state index < -0.39 is 5.60 Å². The fourth-order valence-electron chi connectivity index (χ4n) is 5.72. The van der Waals surface area contributed by atoms with E-state index in [-0.39, 0.29) is 11.7 Å². The molecule has 1 aliphatic heterocycles. The summed E-state index contributed by atoms with van der Waals surface area (Å²) in [5, 5.41) is 2.38. The number of hydrogen-bond donors (Lipinski definition) is 0. The van der Waals surface area contributed by atoms with Crippen LogP contribution in [0.3, 0.4) is 0 Å². The van der Waals surface area contributed by atoms with Gasteiger partial charge in [0.2, 0.25) is 0 Å². The molecule has 0 aliphatic carbocycles. The van der Waals surface area contributed by atoms with Gasteiger partial charge in [0.1, 0.15) is 5.60 Å². The van der Waals surface area contributed by atoms with Gasteiger partial charge < -0.3 is 9.30 Å². The zero-order valence-electron chi connectivity index (χ0n) is 24.3. The maximum atomic E-state index is 13.5. The van der Waals surface area contributed by atoms with Crippen LogP contribution in [0.15, 0.2) is 58.2 Å². The van der Waals surface area contributed by atoms with E-state index in [2.05, 4.69) is 52.7 Å². The first-order valence-electron chi connectivity index (χ1n) is 14.0. The monoisotopic (exact) mass is 606 g/mol. The standard InChI is InChI=1S/C32H39BrN4O3/c1-31(2,3)23-9-12-35(13-10-23)20-24-16-22-8-7-21(15-28(22)37(24)30(39)40-32(4,5)6)19-36-14-11-25-26(29(36)38)17-34-18-27(25)33/h7-8,11,14-18,23H,9-10,12-13,19-20H2,1-6H3. The third-order valence-corrected chi connectivity index (χ3v) is 8.56. The Bertz CT molecular complexity index is 1620. The number of halogens is 1. The number of carbonyl (C=O) groups is 1. The fourth-order valence-corrected chi connectivity index (χ4v) is 6.18. The Morgan fingerprint density at radius 3 is 2.40 bits per heavy atom. The van der Waals surface area contributed by atoms with Crippen LogP contribution in [0.5, 0.6) is 0 Å². The van der Waals surface area contributed by atoms with Crippen LogP contribution >= 0.6 is 15.9 Å². The molecule has 7 nitrogen and oxygen atoms in total. The second-order valence-electron chi connectivity index (χ2n) is 13.1. The molecule has 40 heavy (non-hydrogen) atoms. The summed E-state index contributed by atoms with van der Waals surface area (Å²) < 4.78 is 10.1. The van der Waals surface area contributed by atoms with Crippen LogP contribution in [0.25, 0.3) is 21.7 Å². The molecule has 0 unspecified atom stereocenters. The summed E-state index contributed by atoms with van der Waals surface area (Å²) in [5.41, 5.74) is 2.24. The van der Waals surface area contributed by atoms with E-state index in [4.69, 9.17) is 4.74 Å². The lowest BCUT2D eigenvalue weighted by molar-refractivity contribution is 0.0531. The lowest BCUT2D eigenvalue weighted by Gasteiger charge is -2.38. The number of piperidine rings is 1. The summed E-state index contributed by atoms with van der Waals surface area (Å²) in [6.07, 6.45) is 7.04. The van der Waals surface area contributed by atoms with Gasteiger partial charge in [-0.1, -0.05) is 32.9 Å². The molecule has 3 aromatic heterocycles. The second-order valence-corrected chi connectivity index (χ2v) is 13.9. The van der Waals surface area contributed by atoms with Crippen molar-refractivity contribution in [3.05, 3.63) is 75.0 Å². The molecule has 0 bridgehead atoms. The Morgan fingerprint density at radius 1 is 1.00 bits per heavy atom. The van der Waals surface area contributed by atoms with Crippen LogP contribution < -0.4 is 5.56 Å². The molecule has 0 spiro atoms. The van der Waals surface area contributed by atoms with Crippen molar-refractivity contribution in [3.8, 4) is 0 Å². The summed E-state index contributed by atoms with van der Waals surface area (Å²) >= 11 is 3.48. The van der Waals surface area contributed by atoms with Gasteiger partial charge >= 0.3 is 6.09 Å². The van der Waals surface area contributed by atoms with Gasteiger partial charge in [0.15, 0.2) is 0 Å². The molecule has 4 aromatic rings. The minimum absolute atomic E-state index is 0.103. The summed E-state index contributed by atoms with van der Waals surface area (Å²) in [6.45, 7) is 15.7. The van der Waals surface area contributed by atoms with E-state index in [1.807, 2.05) is 45.0 Å². The van der Waals surface area contributed by atoms with Crippen molar-refractivity contribution < 1.29 is 9.53 Å². The van der Waals surface area contributed by atoms with Crippen molar-refractivity contribution in [2.45, 2.75) is 73.1 Å². The van der Waals surface area contributed by atoms with E-state index in [0.717, 1.165) is 58.0 Å². The van der Waals surface area contributed by atoms with Crippen molar-refractivity contribution in [2.24, 2.45) is 11.3 Å². The summed E-state index contributed by atoms with van der Waals surface area (Å²) in [4.78, 5) is 33.4. The molecule has 212 valence electrons. The molecule has 0 atom stereocenters. The molecular formula is C32H39BrN4O3. The normalized spacial score (nSPS) is 15.7. The first kappa shape index (κ1) is 28.6. The number of likely N-dealkylation sites (tertiary alicyclic amines) is 1. The Kier molecular flexibility index (Phi) is 7.70. The van der Waals surface area contributed by atoms with Crippen LogP contribution in [0, 0.1) is 11.3 Å². The number of benzene rings is 1. The molecular weight excluding hydrogens is 568 g/mol. The third-order valence-electron chi connectivity index (χ3n) is 7.92. The van der Waals surface area contributed by atoms with E-state index in [1.54, 1.807) is 27.7 Å². The number of aromatic nitrogens is 3. The molecule has 8 heteroatoms. The number of ether oxygens (including phenoxy) is 1. The number of carbonyl (C=O) groups excluding carboxylic acids is 1. The molecule has 1 aromatic carbocycles. The topological polar surface area (TPSA) is 69.4 Å². The van der Waals surface area contributed by atoms with Crippen LogP contribution in [0.4, 0.5) is 4.79 Å². The van der Waals surface area contributed by atoms with E-state index in [9.17, 15) is 9.59 Å². The van der Waals surface area contributed by atoms with Crippen molar-refractivity contribution >= 4 is 43.7 Å². The van der Waals surface area contributed by atoms with Gasteiger partial charge in [0.25, 0.3) is 5.56 Å². The molecule has 1 fully saturated rings. The smallest absolute Gasteiger partial charge is 0.419 e. The average molecular weight is 608 g/mol. The molecule has 0 N–H and O–H groups in total. The molecule has 5 rings (SSSR count). The largest absolute Gasteiger partial charge is 0.443 e. The minimum Gasteiger partial charge on any atom is -0.443 e. The highest BCUT2D eigenvalue weighted by atomic mass is 79.9.